The van der Waals surface area contributed by atoms with E-state index in [9.17, 15) is 9.47 Å². The van der Waals surface area contributed by atoms with Gasteiger partial charge in [-0.25, -0.2) is 14.2 Å². The Labute approximate surface area is 205 Å². The molecule has 0 amide bonds. The monoisotopic (exact) mass is 488 g/mol. The Bertz CT molecular complexity index is 1450. The smallest absolute Gasteiger partial charge is 0.229 e. The predicted octanol–water partition coefficient (Wildman–Crippen LogP) is 4.80. The molecule has 0 fully saturated rings. The average molecular weight is 489 g/mol. The number of nitrogens with zero attached hydrogens (tertiary/aromatic N) is 6. The fraction of sp³-hybridized carbons (Fsp3) is 0.360. The van der Waals surface area contributed by atoms with Gasteiger partial charge in [-0.2, -0.15) is 14.6 Å². The first kappa shape index (κ1) is 23.2. The maximum atomic E-state index is 12.0. The predicted molar refractivity (Wildman–Crippen MR) is 138 cm³/mol. The van der Waals surface area contributed by atoms with Crippen molar-refractivity contribution in [1.82, 2.24) is 19.9 Å². The van der Waals surface area contributed by atoms with E-state index in [-0.39, 0.29) is 0 Å². The van der Waals surface area contributed by atoms with Crippen LogP contribution in [0, 0.1) is 11.3 Å². The normalized spacial score (nSPS) is 17.3. The van der Waals surface area contributed by atoms with Gasteiger partial charge in [-0.1, -0.05) is 12.5 Å². The summed E-state index contributed by atoms with van der Waals surface area (Å²) < 4.78 is 16.2. The zero-order chi connectivity index (χ0) is 24.6. The second-order valence-corrected chi connectivity index (χ2v) is 11.9. The maximum absolute atomic E-state index is 12.0. The summed E-state index contributed by atoms with van der Waals surface area (Å²) in [7, 11) is -0.144. The Hall–Kier alpha value is -3.55. The Kier molecular flexibility index (Phi) is 6.13. The molecule has 0 radical (unpaired) electrons. The van der Waals surface area contributed by atoms with Crippen LogP contribution in [0.5, 0.6) is 0 Å². The van der Waals surface area contributed by atoms with Crippen molar-refractivity contribution in [2.45, 2.75) is 38.3 Å². The van der Waals surface area contributed by atoms with Crippen LogP contribution in [0.4, 0.5) is 29.1 Å². The number of hydrogen-bond acceptors (Lipinski definition) is 9. The van der Waals surface area contributed by atoms with E-state index in [0.717, 1.165) is 18.7 Å². The number of anilines is 4. The number of pyridine rings is 1. The topological polar surface area (TPSA) is 119 Å². The Morgan fingerprint density at radius 2 is 2.00 bits per heavy atom. The standard InChI is InChI=1S/C25H28N8OS/c1-33-15-17-12-19(11-16-7-4-5-8-20(33)23(16)17)28-25-27-14-18(13-26)24(31-25)30-21-9-6-10-22(29-21)32-35(2,3)34/h6,9-12,14,20H,4-5,7-8,15H2,1-3H3,(H2,27,28,29,30,31). The molecular formula is C25H28N8OS. The molecule has 35 heavy (non-hydrogen) atoms. The number of aryl methyl sites for hydroxylation is 1. The summed E-state index contributed by atoms with van der Waals surface area (Å²) in [5.74, 6) is 1.52. The van der Waals surface area contributed by atoms with Gasteiger partial charge in [0.25, 0.3) is 0 Å². The van der Waals surface area contributed by atoms with Crippen molar-refractivity contribution in [3.8, 4) is 6.07 Å². The lowest BCUT2D eigenvalue weighted by atomic mass is 9.96. The van der Waals surface area contributed by atoms with E-state index in [1.165, 1.54) is 42.1 Å². The van der Waals surface area contributed by atoms with Crippen LogP contribution in [0.25, 0.3) is 0 Å². The molecule has 3 heterocycles. The van der Waals surface area contributed by atoms with Crippen LogP contribution in [0.1, 0.15) is 47.6 Å². The number of nitriles is 1. The molecule has 10 heteroatoms. The van der Waals surface area contributed by atoms with Gasteiger partial charge >= 0.3 is 0 Å². The SMILES string of the molecule is CN1Cc2cc(Nc3ncc(C#N)c(Nc4cccc(N=S(C)(C)=O)n4)n3)cc3c2C1CCCC3. The average Bonchev–Trinajstić information content (AvgIpc) is 2.96. The summed E-state index contributed by atoms with van der Waals surface area (Å²) >= 11 is 0. The van der Waals surface area contributed by atoms with E-state index < -0.39 is 9.73 Å². The molecular weight excluding hydrogens is 460 g/mol. The van der Waals surface area contributed by atoms with Crippen molar-refractivity contribution >= 4 is 38.8 Å². The highest BCUT2D eigenvalue weighted by Gasteiger charge is 2.31. The van der Waals surface area contributed by atoms with E-state index in [1.807, 2.05) is 0 Å². The Morgan fingerprint density at radius 3 is 2.80 bits per heavy atom. The van der Waals surface area contributed by atoms with E-state index >= 15 is 0 Å². The minimum absolute atomic E-state index is 0.291. The van der Waals surface area contributed by atoms with Crippen LogP contribution < -0.4 is 10.6 Å². The molecule has 1 aliphatic carbocycles. The summed E-state index contributed by atoms with van der Waals surface area (Å²) in [6.07, 6.45) is 9.34. The third-order valence-electron chi connectivity index (χ3n) is 6.27. The van der Waals surface area contributed by atoms with Crippen molar-refractivity contribution in [2.24, 2.45) is 4.36 Å². The number of rotatable bonds is 5. The summed E-state index contributed by atoms with van der Waals surface area (Å²) in [6, 6.07) is 12.2. The molecule has 0 saturated carbocycles. The van der Waals surface area contributed by atoms with Gasteiger partial charge in [-0.3, -0.25) is 4.90 Å². The molecule has 1 unspecified atom stereocenters. The fourth-order valence-corrected chi connectivity index (χ4v) is 5.42. The summed E-state index contributed by atoms with van der Waals surface area (Å²) in [5, 5.41) is 16.0. The van der Waals surface area contributed by atoms with Gasteiger partial charge in [0.1, 0.15) is 17.5 Å². The summed E-state index contributed by atoms with van der Waals surface area (Å²) in [5.41, 5.74) is 5.50. The van der Waals surface area contributed by atoms with Gasteiger partial charge in [0.15, 0.2) is 11.6 Å². The highest BCUT2D eigenvalue weighted by molar-refractivity contribution is 7.92. The molecule has 9 nitrogen and oxygen atoms in total. The van der Waals surface area contributed by atoms with E-state index in [0.29, 0.717) is 35.0 Å². The van der Waals surface area contributed by atoms with Crippen molar-refractivity contribution in [1.29, 1.82) is 5.26 Å². The van der Waals surface area contributed by atoms with E-state index in [2.05, 4.69) is 60.1 Å². The van der Waals surface area contributed by atoms with Gasteiger partial charge in [0.2, 0.25) is 5.95 Å². The minimum atomic E-state index is -2.34. The molecule has 0 spiro atoms. The molecule has 2 aliphatic rings. The largest absolute Gasteiger partial charge is 0.324 e. The summed E-state index contributed by atoms with van der Waals surface area (Å²) in [6.45, 7) is 0.943. The minimum Gasteiger partial charge on any atom is -0.324 e. The highest BCUT2D eigenvalue weighted by atomic mass is 32.2. The van der Waals surface area contributed by atoms with Crippen molar-refractivity contribution in [3.63, 3.8) is 0 Å². The van der Waals surface area contributed by atoms with Crippen molar-refractivity contribution in [3.05, 3.63) is 58.8 Å². The van der Waals surface area contributed by atoms with Crippen molar-refractivity contribution < 1.29 is 4.21 Å². The van der Waals surface area contributed by atoms with Gasteiger partial charge in [0, 0.05) is 40.5 Å². The van der Waals surface area contributed by atoms with Crippen LogP contribution in [0.2, 0.25) is 0 Å². The van der Waals surface area contributed by atoms with E-state index in [4.69, 9.17) is 0 Å². The molecule has 1 aliphatic heterocycles. The van der Waals surface area contributed by atoms with Crippen molar-refractivity contribution in [2.75, 3.05) is 30.2 Å². The molecule has 2 N–H and O–H groups in total. The second kappa shape index (κ2) is 9.24. The molecule has 0 bridgehead atoms. The Morgan fingerprint density at radius 1 is 1.17 bits per heavy atom. The van der Waals surface area contributed by atoms with Crippen LogP contribution in [-0.4, -0.2) is 43.6 Å². The van der Waals surface area contributed by atoms with Gasteiger partial charge in [0.05, 0.1) is 6.20 Å². The second-order valence-electron chi connectivity index (χ2n) is 9.36. The van der Waals surface area contributed by atoms with E-state index in [1.54, 1.807) is 30.7 Å². The zero-order valence-corrected chi connectivity index (χ0v) is 20.9. The first-order valence-electron chi connectivity index (χ1n) is 11.6. The van der Waals surface area contributed by atoms with Crippen LogP contribution in [-0.2, 0) is 22.7 Å². The molecule has 1 atom stereocenters. The fourth-order valence-electron chi connectivity index (χ4n) is 4.87. The molecule has 1 aromatic carbocycles. The lowest BCUT2D eigenvalue weighted by Crippen LogP contribution is -2.16. The zero-order valence-electron chi connectivity index (χ0n) is 20.1. The van der Waals surface area contributed by atoms with Gasteiger partial charge in [-0.15, -0.1) is 0 Å². The number of benzene rings is 1. The lowest BCUT2D eigenvalue weighted by Gasteiger charge is -2.19. The number of nitrogens with one attached hydrogen (secondary N) is 2. The maximum Gasteiger partial charge on any atom is 0.229 e. The molecule has 3 aromatic rings. The van der Waals surface area contributed by atoms with Crippen LogP contribution >= 0.6 is 0 Å². The highest BCUT2D eigenvalue weighted by Crippen LogP contribution is 2.42. The molecule has 180 valence electrons. The molecule has 0 saturated heterocycles. The van der Waals surface area contributed by atoms with Gasteiger partial charge in [-0.05, 0) is 67.3 Å². The first-order valence-corrected chi connectivity index (χ1v) is 13.9. The van der Waals surface area contributed by atoms with Gasteiger partial charge < -0.3 is 10.6 Å². The lowest BCUT2D eigenvalue weighted by molar-refractivity contribution is 0.254. The quantitative estimate of drug-likeness (QED) is 0.525. The third-order valence-corrected chi connectivity index (χ3v) is 6.90. The number of hydrogen-bond donors (Lipinski definition) is 2. The molecule has 2 aromatic heterocycles. The first-order chi connectivity index (χ1) is 16.8. The number of aromatic nitrogens is 3. The van der Waals surface area contributed by atoms with Crippen LogP contribution in [0.15, 0.2) is 40.9 Å². The molecule has 5 rings (SSSR count). The third kappa shape index (κ3) is 5.11. The van der Waals surface area contributed by atoms with Crippen LogP contribution in [0.3, 0.4) is 0 Å². The Balaban J connectivity index is 1.43. The summed E-state index contributed by atoms with van der Waals surface area (Å²) in [4.78, 5) is 15.7.